The van der Waals surface area contributed by atoms with E-state index in [2.05, 4.69) is 5.32 Å². The van der Waals surface area contributed by atoms with Gasteiger partial charge in [-0.3, -0.25) is 4.79 Å². The quantitative estimate of drug-likeness (QED) is 0.944. The van der Waals surface area contributed by atoms with Crippen LogP contribution in [0.15, 0.2) is 24.3 Å². The normalized spacial score (nSPS) is 19.1. The second kappa shape index (κ2) is 6.09. The maximum atomic E-state index is 13.2. The highest BCUT2D eigenvalue weighted by molar-refractivity contribution is 7.20. The Bertz CT molecular complexity index is 656. The number of halogens is 1. The van der Waals surface area contributed by atoms with Gasteiger partial charge in [0.1, 0.15) is 5.82 Å². The van der Waals surface area contributed by atoms with Crippen molar-refractivity contribution in [2.75, 3.05) is 33.3 Å². The van der Waals surface area contributed by atoms with Crippen LogP contribution in [0.2, 0.25) is 0 Å². The number of carbonyl (C=O) groups excluding carboxylic acids is 1. The summed E-state index contributed by atoms with van der Waals surface area (Å²) in [4.78, 5) is 15.0. The molecule has 1 aliphatic rings. The molecule has 1 aromatic heterocycles. The monoisotopic (exact) mass is 308 g/mol. The molecule has 1 aromatic carbocycles. The molecule has 1 aliphatic heterocycles. The smallest absolute Gasteiger partial charge is 0.264 e. The van der Waals surface area contributed by atoms with E-state index in [0.717, 1.165) is 16.6 Å². The summed E-state index contributed by atoms with van der Waals surface area (Å²) in [5.74, 6) is -0.273. The summed E-state index contributed by atoms with van der Waals surface area (Å²) in [6.07, 6.45) is 0.0273. The van der Waals surface area contributed by atoms with Gasteiger partial charge in [0.2, 0.25) is 0 Å². The lowest BCUT2D eigenvalue weighted by molar-refractivity contribution is -0.0194. The maximum absolute atomic E-state index is 13.2. The molecule has 1 N–H and O–H groups in total. The first-order valence-electron chi connectivity index (χ1n) is 6.92. The van der Waals surface area contributed by atoms with Crippen LogP contribution in [-0.2, 0) is 4.74 Å². The van der Waals surface area contributed by atoms with Gasteiger partial charge in [0, 0.05) is 24.3 Å². The Balaban J connectivity index is 1.79. The number of ether oxygens (including phenoxy) is 1. The van der Waals surface area contributed by atoms with Gasteiger partial charge >= 0.3 is 0 Å². The lowest BCUT2D eigenvalue weighted by Crippen LogP contribution is -2.48. The largest absolute Gasteiger partial charge is 0.373 e. The molecular weight excluding hydrogens is 291 g/mol. The highest BCUT2D eigenvalue weighted by atomic mass is 32.1. The molecular formula is C15H17FN2O2S. The number of carbonyl (C=O) groups is 1. The van der Waals surface area contributed by atoms with E-state index in [4.69, 9.17) is 4.74 Å². The van der Waals surface area contributed by atoms with Crippen molar-refractivity contribution in [3.8, 4) is 0 Å². The number of rotatable bonds is 3. The molecule has 0 spiro atoms. The number of hydrogen-bond donors (Lipinski definition) is 1. The second-order valence-electron chi connectivity index (χ2n) is 5.09. The summed E-state index contributed by atoms with van der Waals surface area (Å²) in [6.45, 7) is 2.46. The third-order valence-electron chi connectivity index (χ3n) is 3.55. The maximum Gasteiger partial charge on any atom is 0.264 e. The van der Waals surface area contributed by atoms with E-state index in [-0.39, 0.29) is 17.8 Å². The summed E-state index contributed by atoms with van der Waals surface area (Å²) in [5, 5.41) is 3.97. The number of nitrogens with zero attached hydrogens (tertiary/aromatic N) is 1. The molecule has 21 heavy (non-hydrogen) atoms. The van der Waals surface area contributed by atoms with Gasteiger partial charge < -0.3 is 15.0 Å². The molecule has 1 saturated heterocycles. The molecule has 3 rings (SSSR count). The highest BCUT2D eigenvalue weighted by Gasteiger charge is 2.25. The van der Waals surface area contributed by atoms with Crippen LogP contribution in [0.4, 0.5) is 4.39 Å². The first-order valence-corrected chi connectivity index (χ1v) is 7.73. The van der Waals surface area contributed by atoms with Crippen LogP contribution in [0, 0.1) is 5.82 Å². The topological polar surface area (TPSA) is 41.6 Å². The third-order valence-corrected chi connectivity index (χ3v) is 4.64. The Hall–Kier alpha value is -1.50. The standard InChI is InChI=1S/C15H17FN2O2S/c1-17-8-12-9-18(4-5-20-12)15(19)14-6-10-2-3-11(16)7-13(10)21-14/h2-3,6-7,12,17H,4-5,8-9H2,1H3. The van der Waals surface area contributed by atoms with E-state index in [1.165, 1.54) is 23.5 Å². The lowest BCUT2D eigenvalue weighted by Gasteiger charge is -2.32. The van der Waals surface area contributed by atoms with Gasteiger partial charge in [0.25, 0.3) is 5.91 Å². The van der Waals surface area contributed by atoms with Gasteiger partial charge in [-0.15, -0.1) is 11.3 Å². The zero-order chi connectivity index (χ0) is 14.8. The van der Waals surface area contributed by atoms with Crippen molar-refractivity contribution in [1.29, 1.82) is 0 Å². The summed E-state index contributed by atoms with van der Waals surface area (Å²) in [7, 11) is 1.87. The van der Waals surface area contributed by atoms with E-state index in [1.54, 1.807) is 6.07 Å². The van der Waals surface area contributed by atoms with Gasteiger partial charge in [-0.1, -0.05) is 6.07 Å². The van der Waals surface area contributed by atoms with Crippen molar-refractivity contribution >= 4 is 27.3 Å². The van der Waals surface area contributed by atoms with Crippen molar-refractivity contribution in [1.82, 2.24) is 10.2 Å². The van der Waals surface area contributed by atoms with E-state index >= 15 is 0 Å². The minimum Gasteiger partial charge on any atom is -0.373 e. The number of morpholine rings is 1. The molecule has 1 amide bonds. The number of thiophene rings is 1. The SMILES string of the molecule is CNCC1CN(C(=O)c2cc3ccc(F)cc3s2)CCO1. The average molecular weight is 308 g/mol. The third kappa shape index (κ3) is 3.07. The summed E-state index contributed by atoms with van der Waals surface area (Å²) >= 11 is 1.34. The fraction of sp³-hybridized carbons (Fsp3) is 0.400. The van der Waals surface area contributed by atoms with Crippen molar-refractivity contribution in [3.63, 3.8) is 0 Å². The van der Waals surface area contributed by atoms with E-state index in [0.29, 0.717) is 24.6 Å². The van der Waals surface area contributed by atoms with Gasteiger partial charge in [0.05, 0.1) is 17.6 Å². The van der Waals surface area contributed by atoms with Crippen LogP contribution in [-0.4, -0.2) is 50.2 Å². The molecule has 1 atom stereocenters. The molecule has 6 heteroatoms. The minimum absolute atomic E-state index is 0.000936. The van der Waals surface area contributed by atoms with E-state index < -0.39 is 0 Å². The predicted molar refractivity (Wildman–Crippen MR) is 81.4 cm³/mol. The Kier molecular flexibility index (Phi) is 4.19. The fourth-order valence-electron chi connectivity index (χ4n) is 2.52. The zero-order valence-electron chi connectivity index (χ0n) is 11.8. The van der Waals surface area contributed by atoms with Gasteiger partial charge in [0.15, 0.2) is 0 Å². The molecule has 1 fully saturated rings. The molecule has 0 saturated carbocycles. The number of likely N-dealkylation sites (N-methyl/N-ethyl adjacent to an activating group) is 1. The minimum atomic E-state index is -0.274. The van der Waals surface area contributed by atoms with E-state index in [1.807, 2.05) is 18.0 Å². The molecule has 2 aromatic rings. The predicted octanol–water partition coefficient (Wildman–Crippen LogP) is 2.10. The van der Waals surface area contributed by atoms with Gasteiger partial charge in [-0.05, 0) is 30.6 Å². The van der Waals surface area contributed by atoms with Crippen molar-refractivity contribution in [2.24, 2.45) is 0 Å². The molecule has 112 valence electrons. The summed E-state index contributed by atoms with van der Waals surface area (Å²) in [5.41, 5.74) is 0. The van der Waals surface area contributed by atoms with Crippen LogP contribution < -0.4 is 5.32 Å². The number of amides is 1. The Morgan fingerprint density at radius 1 is 1.52 bits per heavy atom. The summed E-state index contributed by atoms with van der Waals surface area (Å²) in [6, 6.07) is 6.44. The first-order chi connectivity index (χ1) is 10.2. The lowest BCUT2D eigenvalue weighted by atomic mass is 10.2. The molecule has 0 bridgehead atoms. The van der Waals surface area contributed by atoms with Crippen molar-refractivity contribution in [2.45, 2.75) is 6.10 Å². The number of fused-ring (bicyclic) bond motifs is 1. The van der Waals surface area contributed by atoms with Crippen LogP contribution in [0.3, 0.4) is 0 Å². The molecule has 0 aliphatic carbocycles. The molecule has 4 nitrogen and oxygen atoms in total. The van der Waals surface area contributed by atoms with Crippen molar-refractivity contribution in [3.05, 3.63) is 35.0 Å². The average Bonchev–Trinajstić information content (AvgIpc) is 2.90. The number of benzene rings is 1. The van der Waals surface area contributed by atoms with Crippen LogP contribution in [0.5, 0.6) is 0 Å². The summed E-state index contributed by atoms with van der Waals surface area (Å²) < 4.78 is 19.6. The number of nitrogens with one attached hydrogen (secondary N) is 1. The Morgan fingerprint density at radius 2 is 2.38 bits per heavy atom. The molecule has 1 unspecified atom stereocenters. The van der Waals surface area contributed by atoms with Crippen LogP contribution in [0.25, 0.3) is 10.1 Å². The van der Waals surface area contributed by atoms with Crippen LogP contribution in [0.1, 0.15) is 9.67 Å². The number of hydrogen-bond acceptors (Lipinski definition) is 4. The first kappa shape index (κ1) is 14.4. The fourth-order valence-corrected chi connectivity index (χ4v) is 3.58. The second-order valence-corrected chi connectivity index (χ2v) is 6.18. The van der Waals surface area contributed by atoms with Crippen molar-refractivity contribution < 1.29 is 13.9 Å². The molecule has 0 radical (unpaired) electrons. The van der Waals surface area contributed by atoms with Gasteiger partial charge in [-0.25, -0.2) is 4.39 Å². The highest BCUT2D eigenvalue weighted by Crippen LogP contribution is 2.27. The van der Waals surface area contributed by atoms with E-state index in [9.17, 15) is 9.18 Å². The Morgan fingerprint density at radius 3 is 3.19 bits per heavy atom. The zero-order valence-corrected chi connectivity index (χ0v) is 12.6. The Labute approximate surface area is 126 Å². The van der Waals surface area contributed by atoms with Gasteiger partial charge in [-0.2, -0.15) is 0 Å². The van der Waals surface area contributed by atoms with Crippen LogP contribution >= 0.6 is 11.3 Å². The molecule has 2 heterocycles.